The highest BCUT2D eigenvalue weighted by molar-refractivity contribution is 5.79. The summed E-state index contributed by atoms with van der Waals surface area (Å²) < 4.78 is 11.6. The van der Waals surface area contributed by atoms with Crippen LogP contribution in [0, 0.1) is 10.1 Å². The van der Waals surface area contributed by atoms with Crippen LogP contribution in [-0.2, 0) is 4.79 Å². The molecule has 0 aliphatic heterocycles. The monoisotopic (exact) mass is 135 g/mol. The Morgan fingerprint density at radius 3 is 2.33 bits per heavy atom. The Hall–Kier alpha value is -1.46. The van der Waals surface area contributed by atoms with Gasteiger partial charge in [0.1, 0.15) is 6.08 Å². The van der Waals surface area contributed by atoms with E-state index in [2.05, 4.69) is 0 Å². The second-order valence-electron chi connectivity index (χ2n) is 1.06. The van der Waals surface area contributed by atoms with Crippen molar-refractivity contribution in [2.45, 2.75) is 0 Å². The van der Waals surface area contributed by atoms with Crippen LogP contribution in [0.25, 0.3) is 0 Å². The number of halogens is 1. The molecule has 0 unspecified atom stereocenters. The van der Waals surface area contributed by atoms with Gasteiger partial charge in [0, 0.05) is 0 Å². The third-order valence-electron chi connectivity index (χ3n) is 0.417. The second-order valence-corrected chi connectivity index (χ2v) is 1.06. The molecule has 0 fully saturated rings. The molecule has 0 amide bonds. The standard InChI is InChI=1S/C3H2FNO4/c4-2(5(8)9)1-3(6)7/h1H,(H,6,7). The van der Waals surface area contributed by atoms with Crippen molar-refractivity contribution in [3.63, 3.8) is 0 Å². The van der Waals surface area contributed by atoms with Gasteiger partial charge in [0.2, 0.25) is 0 Å². The topological polar surface area (TPSA) is 80.4 Å². The summed E-state index contributed by atoms with van der Waals surface area (Å²) in [6, 6.07) is 0. The first-order chi connectivity index (χ1) is 4.04. The molecule has 0 aliphatic rings. The molecule has 9 heavy (non-hydrogen) atoms. The van der Waals surface area contributed by atoms with E-state index >= 15 is 0 Å². The van der Waals surface area contributed by atoms with Crippen molar-refractivity contribution in [2.24, 2.45) is 0 Å². The number of nitrogens with zero attached hydrogens (tertiary/aromatic N) is 1. The van der Waals surface area contributed by atoms with Crippen LogP contribution in [0.5, 0.6) is 0 Å². The van der Waals surface area contributed by atoms with Crippen LogP contribution < -0.4 is 0 Å². The fraction of sp³-hybridized carbons (Fsp3) is 0. The number of aliphatic carboxylic acids is 1. The maximum Gasteiger partial charge on any atom is 0.426 e. The van der Waals surface area contributed by atoms with Gasteiger partial charge in [-0.3, -0.25) is 10.1 Å². The molecule has 0 atom stereocenters. The summed E-state index contributed by atoms with van der Waals surface area (Å²) >= 11 is 0. The largest absolute Gasteiger partial charge is 0.478 e. The summed E-state index contributed by atoms with van der Waals surface area (Å²) in [6.07, 6.45) is -0.125. The van der Waals surface area contributed by atoms with Crippen LogP contribution in [0.15, 0.2) is 12.0 Å². The van der Waals surface area contributed by atoms with E-state index in [4.69, 9.17) is 5.11 Å². The quantitative estimate of drug-likeness (QED) is 0.253. The number of carboxylic acids is 1. The predicted octanol–water partition coefficient (Wildman–Crippen LogP) is 0.159. The SMILES string of the molecule is O=C(O)C=C(F)[N+](=O)[O-]. The van der Waals surface area contributed by atoms with E-state index in [-0.39, 0.29) is 6.08 Å². The lowest BCUT2D eigenvalue weighted by atomic mass is 10.6. The predicted molar refractivity (Wildman–Crippen MR) is 23.8 cm³/mol. The lowest BCUT2D eigenvalue weighted by Crippen LogP contribution is -1.96. The van der Waals surface area contributed by atoms with Crippen LogP contribution in [-0.4, -0.2) is 16.0 Å². The highest BCUT2D eigenvalue weighted by Gasteiger charge is 2.09. The second kappa shape index (κ2) is 2.75. The van der Waals surface area contributed by atoms with Gasteiger partial charge in [-0.1, -0.05) is 0 Å². The first-order valence-electron chi connectivity index (χ1n) is 1.78. The van der Waals surface area contributed by atoms with E-state index in [9.17, 15) is 19.3 Å². The van der Waals surface area contributed by atoms with E-state index in [0.29, 0.717) is 0 Å². The van der Waals surface area contributed by atoms with Crippen LogP contribution in [0.2, 0.25) is 0 Å². The Morgan fingerprint density at radius 1 is 1.78 bits per heavy atom. The maximum absolute atomic E-state index is 11.6. The highest BCUT2D eigenvalue weighted by Crippen LogP contribution is 1.94. The summed E-state index contributed by atoms with van der Waals surface area (Å²) in [4.78, 5) is 17.4. The third kappa shape index (κ3) is 3.15. The number of hydrogen-bond acceptors (Lipinski definition) is 3. The van der Waals surface area contributed by atoms with Gasteiger partial charge in [-0.2, -0.15) is 0 Å². The number of hydrogen-bond donors (Lipinski definition) is 1. The minimum absolute atomic E-state index is 0.125. The molecule has 0 aromatic carbocycles. The van der Waals surface area contributed by atoms with E-state index in [1.54, 1.807) is 0 Å². The molecule has 1 N–H and O–H groups in total. The van der Waals surface area contributed by atoms with Crippen LogP contribution in [0.3, 0.4) is 0 Å². The van der Waals surface area contributed by atoms with Crippen molar-refractivity contribution in [2.75, 3.05) is 0 Å². The van der Waals surface area contributed by atoms with E-state index in [1.807, 2.05) is 0 Å². The van der Waals surface area contributed by atoms with Gasteiger partial charge in [0.25, 0.3) is 0 Å². The lowest BCUT2D eigenvalue weighted by molar-refractivity contribution is -0.447. The van der Waals surface area contributed by atoms with Gasteiger partial charge in [-0.15, -0.1) is 4.39 Å². The lowest BCUT2D eigenvalue weighted by Gasteiger charge is -1.79. The highest BCUT2D eigenvalue weighted by atomic mass is 19.1. The van der Waals surface area contributed by atoms with Crippen molar-refractivity contribution in [1.29, 1.82) is 0 Å². The molecule has 0 heterocycles. The van der Waals surface area contributed by atoms with E-state index in [0.717, 1.165) is 0 Å². The molecule has 0 spiro atoms. The van der Waals surface area contributed by atoms with Gasteiger partial charge in [0.05, 0.1) is 4.92 Å². The molecule has 0 aliphatic carbocycles. The number of rotatable bonds is 2. The first-order valence-corrected chi connectivity index (χ1v) is 1.78. The minimum Gasteiger partial charge on any atom is -0.478 e. The fourth-order valence-corrected chi connectivity index (χ4v) is 0.155. The van der Waals surface area contributed by atoms with Gasteiger partial charge < -0.3 is 5.11 Å². The Bertz CT molecular complexity index is 175. The van der Waals surface area contributed by atoms with Crippen LogP contribution in [0.1, 0.15) is 0 Å². The number of nitro groups is 1. The molecule has 5 nitrogen and oxygen atoms in total. The van der Waals surface area contributed by atoms with Crippen molar-refractivity contribution in [3.05, 3.63) is 22.1 Å². The average Bonchev–Trinajstić information content (AvgIpc) is 1.63. The Morgan fingerprint density at radius 2 is 2.22 bits per heavy atom. The van der Waals surface area contributed by atoms with Crippen molar-refractivity contribution < 1.29 is 19.2 Å². The van der Waals surface area contributed by atoms with Crippen molar-refractivity contribution >= 4 is 5.97 Å². The Balaban J connectivity index is 4.17. The summed E-state index contributed by atoms with van der Waals surface area (Å²) in [7, 11) is 0. The normalized spacial score (nSPS) is 11.0. The molecule has 0 saturated heterocycles. The first kappa shape index (κ1) is 7.54. The zero-order valence-corrected chi connectivity index (χ0v) is 4.07. The molecule has 0 aromatic heterocycles. The molecule has 50 valence electrons. The van der Waals surface area contributed by atoms with E-state index in [1.165, 1.54) is 0 Å². The molecule has 6 heteroatoms. The van der Waals surface area contributed by atoms with Gasteiger partial charge in [-0.05, 0) is 0 Å². The van der Waals surface area contributed by atoms with Crippen LogP contribution in [0.4, 0.5) is 4.39 Å². The molecule has 0 radical (unpaired) electrons. The molecular formula is C3H2FNO4. The van der Waals surface area contributed by atoms with E-state index < -0.39 is 16.8 Å². The summed E-state index contributed by atoms with van der Waals surface area (Å²) in [5, 5.41) is 17.0. The average molecular weight is 135 g/mol. The minimum atomic E-state index is -1.87. The third-order valence-corrected chi connectivity index (χ3v) is 0.417. The maximum atomic E-state index is 11.6. The molecule has 0 aromatic rings. The molecule has 0 saturated carbocycles. The van der Waals surface area contributed by atoms with Crippen molar-refractivity contribution in [1.82, 2.24) is 0 Å². The number of carbonyl (C=O) groups is 1. The fourth-order valence-electron chi connectivity index (χ4n) is 0.155. The van der Waals surface area contributed by atoms with Gasteiger partial charge in [0.15, 0.2) is 0 Å². The molecule has 0 rings (SSSR count). The number of carboxylic acid groups (broad SMARTS) is 1. The summed E-state index contributed by atoms with van der Waals surface area (Å²) in [5.41, 5.74) is 0. The molecular weight excluding hydrogens is 133 g/mol. The van der Waals surface area contributed by atoms with Gasteiger partial charge >= 0.3 is 11.9 Å². The Kier molecular flexibility index (Phi) is 2.31. The summed E-state index contributed by atoms with van der Waals surface area (Å²) in [5.74, 6) is -3.55. The summed E-state index contributed by atoms with van der Waals surface area (Å²) in [6.45, 7) is 0. The zero-order valence-electron chi connectivity index (χ0n) is 4.07. The van der Waals surface area contributed by atoms with Crippen molar-refractivity contribution in [3.8, 4) is 0 Å². The Labute approximate surface area is 48.6 Å². The smallest absolute Gasteiger partial charge is 0.426 e. The molecule has 0 bridgehead atoms. The zero-order chi connectivity index (χ0) is 7.44. The van der Waals surface area contributed by atoms with Gasteiger partial charge in [-0.25, -0.2) is 4.79 Å². The van der Waals surface area contributed by atoms with Crippen LogP contribution >= 0.6 is 0 Å².